The van der Waals surface area contributed by atoms with Crippen LogP contribution in [0.5, 0.6) is 5.75 Å². The molecule has 4 heteroatoms. The van der Waals surface area contributed by atoms with E-state index in [4.69, 9.17) is 9.15 Å². The van der Waals surface area contributed by atoms with Crippen molar-refractivity contribution in [2.75, 3.05) is 7.11 Å². The molecule has 0 aliphatic heterocycles. The second-order valence-corrected chi connectivity index (χ2v) is 6.56. The van der Waals surface area contributed by atoms with Crippen molar-refractivity contribution in [1.82, 2.24) is 0 Å². The number of hydrogen-bond acceptors (Lipinski definition) is 4. The van der Waals surface area contributed by atoms with Crippen LogP contribution in [-0.4, -0.2) is 12.9 Å². The molecule has 0 aliphatic rings. The summed E-state index contributed by atoms with van der Waals surface area (Å²) in [6.07, 6.45) is 0. The Hall–Kier alpha value is -3.66. The van der Waals surface area contributed by atoms with E-state index in [1.54, 1.807) is 37.4 Å². The zero-order valence-electron chi connectivity index (χ0n) is 15.6. The zero-order chi connectivity index (χ0) is 19.7. The van der Waals surface area contributed by atoms with Gasteiger partial charge in [-0.15, -0.1) is 0 Å². The Labute approximate surface area is 162 Å². The van der Waals surface area contributed by atoms with Crippen LogP contribution < -0.4 is 10.4 Å². The maximum atomic E-state index is 13.3. The highest BCUT2D eigenvalue weighted by molar-refractivity contribution is 6.16. The average molecular weight is 370 g/mol. The fraction of sp³-hybridized carbons (Fsp3) is 0.0833. The monoisotopic (exact) mass is 370 g/mol. The molecule has 4 rings (SSSR count). The van der Waals surface area contributed by atoms with Crippen molar-refractivity contribution in [2.24, 2.45) is 0 Å². The van der Waals surface area contributed by atoms with Crippen LogP contribution in [0, 0.1) is 6.92 Å². The summed E-state index contributed by atoms with van der Waals surface area (Å²) < 4.78 is 10.8. The number of aryl methyl sites for hydroxylation is 1. The molecule has 0 bridgehead atoms. The van der Waals surface area contributed by atoms with E-state index in [0.29, 0.717) is 27.8 Å². The van der Waals surface area contributed by atoms with Crippen molar-refractivity contribution in [3.05, 3.63) is 99.9 Å². The van der Waals surface area contributed by atoms with Gasteiger partial charge in [-0.1, -0.05) is 60.2 Å². The molecule has 28 heavy (non-hydrogen) atoms. The van der Waals surface area contributed by atoms with Gasteiger partial charge in [-0.25, -0.2) is 4.79 Å². The van der Waals surface area contributed by atoms with Crippen molar-refractivity contribution < 1.29 is 13.9 Å². The molecule has 138 valence electrons. The first-order valence-corrected chi connectivity index (χ1v) is 8.90. The summed E-state index contributed by atoms with van der Waals surface area (Å²) in [4.78, 5) is 26.1. The van der Waals surface area contributed by atoms with Gasteiger partial charge in [0.2, 0.25) is 5.78 Å². The van der Waals surface area contributed by atoms with Gasteiger partial charge < -0.3 is 9.15 Å². The van der Waals surface area contributed by atoms with Crippen LogP contribution in [0.4, 0.5) is 0 Å². The first-order chi connectivity index (χ1) is 13.6. The number of benzene rings is 3. The number of rotatable bonds is 4. The molecule has 0 radical (unpaired) electrons. The van der Waals surface area contributed by atoms with Gasteiger partial charge in [0.15, 0.2) is 0 Å². The van der Waals surface area contributed by atoms with Gasteiger partial charge in [-0.3, -0.25) is 4.79 Å². The maximum Gasteiger partial charge on any atom is 0.348 e. The molecule has 0 fully saturated rings. The molecular weight excluding hydrogens is 352 g/mol. The summed E-state index contributed by atoms with van der Waals surface area (Å²) in [7, 11) is 1.57. The van der Waals surface area contributed by atoms with Gasteiger partial charge in [0.25, 0.3) is 0 Å². The Morgan fingerprint density at radius 3 is 2.32 bits per heavy atom. The first kappa shape index (κ1) is 17.7. The molecule has 0 N–H and O–H groups in total. The van der Waals surface area contributed by atoms with Crippen molar-refractivity contribution in [2.45, 2.75) is 6.92 Å². The highest BCUT2D eigenvalue weighted by Crippen LogP contribution is 2.33. The molecule has 1 heterocycles. The summed E-state index contributed by atoms with van der Waals surface area (Å²) in [5.41, 5.74) is 2.58. The third-order valence-corrected chi connectivity index (χ3v) is 4.72. The Kier molecular flexibility index (Phi) is 4.53. The lowest BCUT2D eigenvalue weighted by Gasteiger charge is -2.12. The van der Waals surface area contributed by atoms with Crippen LogP contribution in [0.25, 0.3) is 22.1 Å². The number of methoxy groups -OCH3 is 1. The fourth-order valence-corrected chi connectivity index (χ4v) is 3.27. The van der Waals surface area contributed by atoms with Crippen LogP contribution in [0.15, 0.2) is 82.0 Å². The fourth-order valence-electron chi connectivity index (χ4n) is 3.27. The molecule has 3 aromatic carbocycles. The highest BCUT2D eigenvalue weighted by atomic mass is 16.5. The Balaban J connectivity index is 2.07. The summed E-state index contributed by atoms with van der Waals surface area (Å²) in [5.74, 6) is 0.254. The second-order valence-electron chi connectivity index (χ2n) is 6.56. The molecular formula is C24H18O4. The lowest BCUT2D eigenvalue weighted by Crippen LogP contribution is -2.17. The molecule has 0 spiro atoms. The van der Waals surface area contributed by atoms with Gasteiger partial charge in [-0.05, 0) is 30.7 Å². The van der Waals surface area contributed by atoms with Crippen LogP contribution in [0.1, 0.15) is 21.5 Å². The lowest BCUT2D eigenvalue weighted by molar-refractivity contribution is 0.103. The van der Waals surface area contributed by atoms with E-state index in [1.165, 1.54) is 0 Å². The summed E-state index contributed by atoms with van der Waals surface area (Å²) >= 11 is 0. The third-order valence-electron chi connectivity index (χ3n) is 4.72. The Morgan fingerprint density at radius 2 is 1.64 bits per heavy atom. The molecule has 1 aromatic heterocycles. The van der Waals surface area contributed by atoms with Gasteiger partial charge in [0, 0.05) is 16.5 Å². The molecule has 0 aliphatic carbocycles. The van der Waals surface area contributed by atoms with Gasteiger partial charge in [0.1, 0.15) is 16.9 Å². The van der Waals surface area contributed by atoms with E-state index in [2.05, 4.69) is 0 Å². The maximum absolute atomic E-state index is 13.3. The quantitative estimate of drug-likeness (QED) is 0.374. The number of fused-ring (bicyclic) bond motifs is 1. The number of hydrogen-bond donors (Lipinski definition) is 0. The van der Waals surface area contributed by atoms with E-state index in [9.17, 15) is 9.59 Å². The molecule has 0 amide bonds. The smallest absolute Gasteiger partial charge is 0.348 e. The minimum atomic E-state index is -0.651. The van der Waals surface area contributed by atoms with E-state index < -0.39 is 5.63 Å². The topological polar surface area (TPSA) is 56.5 Å². The number of ketones is 1. The van der Waals surface area contributed by atoms with Crippen molar-refractivity contribution in [1.29, 1.82) is 0 Å². The SMILES string of the molecule is COc1ccc2oc(=O)c(C(=O)c3ccc(C)cc3)c(-c3ccccc3)c2c1. The first-order valence-electron chi connectivity index (χ1n) is 8.90. The Bertz CT molecular complexity index is 1220. The lowest BCUT2D eigenvalue weighted by atomic mass is 9.92. The standard InChI is InChI=1S/C24H18O4/c1-15-8-10-17(11-9-15)23(25)22-21(16-6-4-3-5-7-16)19-14-18(27-2)12-13-20(19)28-24(22)26/h3-14H,1-2H3. The zero-order valence-corrected chi connectivity index (χ0v) is 15.6. The van der Waals surface area contributed by atoms with Crippen molar-refractivity contribution in [3.8, 4) is 16.9 Å². The molecule has 0 atom stereocenters. The van der Waals surface area contributed by atoms with E-state index in [0.717, 1.165) is 11.1 Å². The van der Waals surface area contributed by atoms with E-state index in [1.807, 2.05) is 49.4 Å². The van der Waals surface area contributed by atoms with Crippen LogP contribution >= 0.6 is 0 Å². The number of ether oxygens (including phenoxy) is 1. The summed E-state index contributed by atoms with van der Waals surface area (Å²) in [6.45, 7) is 1.94. The molecule has 4 aromatic rings. The van der Waals surface area contributed by atoms with Gasteiger partial charge >= 0.3 is 5.63 Å². The molecule has 0 saturated carbocycles. The van der Waals surface area contributed by atoms with Crippen LogP contribution in [0.3, 0.4) is 0 Å². The van der Waals surface area contributed by atoms with Crippen molar-refractivity contribution >= 4 is 16.8 Å². The van der Waals surface area contributed by atoms with Crippen molar-refractivity contribution in [3.63, 3.8) is 0 Å². The number of carbonyl (C=O) groups excluding carboxylic acids is 1. The molecule has 4 nitrogen and oxygen atoms in total. The summed E-state index contributed by atoms with van der Waals surface area (Å²) in [5, 5.41) is 0.653. The van der Waals surface area contributed by atoms with Gasteiger partial charge in [-0.2, -0.15) is 0 Å². The predicted molar refractivity (Wildman–Crippen MR) is 109 cm³/mol. The van der Waals surface area contributed by atoms with Gasteiger partial charge in [0.05, 0.1) is 7.11 Å². The predicted octanol–water partition coefficient (Wildman–Crippen LogP) is 5.01. The third kappa shape index (κ3) is 3.09. The van der Waals surface area contributed by atoms with Crippen LogP contribution in [0.2, 0.25) is 0 Å². The Morgan fingerprint density at radius 1 is 0.929 bits per heavy atom. The van der Waals surface area contributed by atoms with E-state index >= 15 is 0 Å². The van der Waals surface area contributed by atoms with E-state index in [-0.39, 0.29) is 11.3 Å². The average Bonchev–Trinajstić information content (AvgIpc) is 2.73. The molecule has 0 unspecified atom stereocenters. The normalized spacial score (nSPS) is 10.8. The van der Waals surface area contributed by atoms with Crippen LogP contribution in [-0.2, 0) is 0 Å². The second kappa shape index (κ2) is 7.16. The minimum absolute atomic E-state index is 0.0239. The summed E-state index contributed by atoms with van der Waals surface area (Å²) in [6, 6.07) is 21.7. The largest absolute Gasteiger partial charge is 0.497 e. The minimum Gasteiger partial charge on any atom is -0.497 e. The highest BCUT2D eigenvalue weighted by Gasteiger charge is 2.23. The molecule has 0 saturated heterocycles. The number of carbonyl (C=O) groups is 1.